The minimum atomic E-state index is -4.79. The van der Waals surface area contributed by atoms with Gasteiger partial charge in [0.2, 0.25) is 0 Å². The van der Waals surface area contributed by atoms with Crippen molar-refractivity contribution in [3.63, 3.8) is 0 Å². The number of unbranched alkanes of at least 4 members (excludes halogenated alkanes) is 12. The second-order valence-electron chi connectivity index (χ2n) is 19.0. The summed E-state index contributed by atoms with van der Waals surface area (Å²) < 4.78 is 39.4. The van der Waals surface area contributed by atoms with E-state index in [0.29, 0.717) is 25.7 Å². The molecule has 11 nitrogen and oxygen atoms in total. The van der Waals surface area contributed by atoms with Crippen LogP contribution in [0.4, 0.5) is 0 Å². The van der Waals surface area contributed by atoms with Gasteiger partial charge in [0.05, 0.1) is 19.8 Å². The molecule has 0 aliphatic carbocycles. The molecule has 0 aromatic heterocycles. The highest BCUT2D eigenvalue weighted by molar-refractivity contribution is 7.47. The highest BCUT2D eigenvalue weighted by Crippen LogP contribution is 2.43. The molecule has 0 aromatic rings. The number of hydrogen-bond acceptors (Lipinski definition) is 10. The second kappa shape index (κ2) is 58.5. The quantitative estimate of drug-likeness (QED) is 0.0197. The van der Waals surface area contributed by atoms with E-state index in [0.717, 1.165) is 122 Å². The van der Waals surface area contributed by atoms with E-state index in [2.05, 4.69) is 154 Å². The van der Waals surface area contributed by atoms with Gasteiger partial charge in [0.25, 0.3) is 0 Å². The molecule has 0 heterocycles. The van der Waals surface area contributed by atoms with Crippen LogP contribution >= 0.6 is 7.82 Å². The van der Waals surface area contributed by atoms with Crippen LogP contribution in [-0.2, 0) is 42.2 Å². The lowest BCUT2D eigenvalue weighted by Gasteiger charge is -2.21. The third-order valence-corrected chi connectivity index (χ3v) is 12.7. The van der Waals surface area contributed by atoms with Crippen molar-refractivity contribution in [1.82, 2.24) is 0 Å². The average molecular weight is 1110 g/mol. The first kappa shape index (κ1) is 73.4. The number of allylic oxidation sites excluding steroid dienone is 24. The topological polar surface area (TPSA) is 155 Å². The Morgan fingerprint density at radius 3 is 1.13 bits per heavy atom. The molecule has 3 unspecified atom stereocenters. The van der Waals surface area contributed by atoms with Crippen molar-refractivity contribution >= 4 is 25.7 Å². The van der Waals surface area contributed by atoms with Gasteiger partial charge in [-0.1, -0.05) is 212 Å². The monoisotopic (exact) mass is 1100 g/mol. The molecule has 0 saturated carbocycles. The van der Waals surface area contributed by atoms with Crippen LogP contribution in [0.2, 0.25) is 0 Å². The number of phosphoric ester groups is 1. The lowest BCUT2D eigenvalue weighted by molar-refractivity contribution is -0.161. The maximum Gasteiger partial charge on any atom is 0.472 e. The van der Waals surface area contributed by atoms with E-state index in [1.165, 1.54) is 25.7 Å². The van der Waals surface area contributed by atoms with Gasteiger partial charge in [-0.2, -0.15) is 0 Å². The predicted octanol–water partition coefficient (Wildman–Crippen LogP) is 17.9. The molecule has 0 rings (SSSR count). The fourth-order valence-corrected chi connectivity index (χ4v) is 8.07. The summed E-state index contributed by atoms with van der Waals surface area (Å²) in [5.74, 6) is -1.63. The van der Waals surface area contributed by atoms with E-state index < -0.39 is 64.4 Å². The zero-order valence-corrected chi connectivity index (χ0v) is 49.5. The zero-order valence-electron chi connectivity index (χ0n) is 48.6. The number of ether oxygens (including phenoxy) is 3. The molecule has 0 amide bonds. The normalized spacial score (nSPS) is 14.4. The number of phosphoric acid groups is 1. The van der Waals surface area contributed by atoms with E-state index in [9.17, 15) is 28.9 Å². The van der Waals surface area contributed by atoms with E-state index in [4.69, 9.17) is 23.3 Å². The van der Waals surface area contributed by atoms with Gasteiger partial charge in [-0.25, -0.2) is 4.57 Å². The van der Waals surface area contributed by atoms with Crippen LogP contribution in [0.15, 0.2) is 146 Å². The summed E-state index contributed by atoms with van der Waals surface area (Å²) in [7, 11) is -4.79. The first-order valence-corrected chi connectivity index (χ1v) is 31.2. The fraction of sp³-hybridized carbons (Fsp3) is 0.591. The molecule has 0 saturated heterocycles. The van der Waals surface area contributed by atoms with Crippen LogP contribution in [0.1, 0.15) is 213 Å². The van der Waals surface area contributed by atoms with Gasteiger partial charge in [-0.15, -0.1) is 0 Å². The number of carbonyl (C=O) groups is 3. The second-order valence-corrected chi connectivity index (χ2v) is 20.5. The Morgan fingerprint density at radius 2 is 0.692 bits per heavy atom. The van der Waals surface area contributed by atoms with Gasteiger partial charge in [0, 0.05) is 19.3 Å². The highest BCUT2D eigenvalue weighted by atomic mass is 31.2. The van der Waals surface area contributed by atoms with E-state index >= 15 is 0 Å². The summed E-state index contributed by atoms with van der Waals surface area (Å²) in [5.41, 5.74) is 0. The summed E-state index contributed by atoms with van der Waals surface area (Å²) >= 11 is 0. The van der Waals surface area contributed by atoms with E-state index in [1.54, 1.807) is 0 Å². The summed E-state index contributed by atoms with van der Waals surface area (Å²) in [4.78, 5) is 48.6. The SMILES string of the molecule is CC/C=C\C/C=C\C/C=C\C/C=C\C/C=C\C/C=C\CCC(=O)OC(COC(=O)CCCCC/C=C\C/C=C\C/C=C\C/C=C\C/C=C\CC)COP(=O)(O)OCC(CO)OC(=O)CCCCCCC/C=C\CCCCCC. The van der Waals surface area contributed by atoms with Crippen molar-refractivity contribution in [1.29, 1.82) is 0 Å². The van der Waals surface area contributed by atoms with Crippen LogP contribution < -0.4 is 0 Å². The van der Waals surface area contributed by atoms with Gasteiger partial charge < -0.3 is 24.2 Å². The highest BCUT2D eigenvalue weighted by Gasteiger charge is 2.28. The molecular formula is C66H105O11P. The van der Waals surface area contributed by atoms with Crippen LogP contribution in [0, 0.1) is 0 Å². The third kappa shape index (κ3) is 56.1. The van der Waals surface area contributed by atoms with Crippen LogP contribution in [0.5, 0.6) is 0 Å². The summed E-state index contributed by atoms with van der Waals surface area (Å²) in [5, 5.41) is 9.82. The summed E-state index contributed by atoms with van der Waals surface area (Å²) in [6.45, 7) is 4.25. The van der Waals surface area contributed by atoms with Gasteiger partial charge in [0.1, 0.15) is 12.7 Å². The molecule has 0 spiro atoms. The molecule has 0 aliphatic heterocycles. The Morgan fingerprint density at radius 1 is 0.372 bits per heavy atom. The molecule has 0 aliphatic rings. The number of aliphatic hydroxyl groups excluding tert-OH is 1. The molecule has 440 valence electrons. The van der Waals surface area contributed by atoms with Gasteiger partial charge in [-0.05, 0) is 128 Å². The van der Waals surface area contributed by atoms with Crippen molar-refractivity contribution in [2.24, 2.45) is 0 Å². The van der Waals surface area contributed by atoms with Gasteiger partial charge >= 0.3 is 25.7 Å². The van der Waals surface area contributed by atoms with Crippen molar-refractivity contribution in [3.8, 4) is 0 Å². The predicted molar refractivity (Wildman–Crippen MR) is 325 cm³/mol. The largest absolute Gasteiger partial charge is 0.472 e. The molecule has 78 heavy (non-hydrogen) atoms. The fourth-order valence-electron chi connectivity index (χ4n) is 7.28. The van der Waals surface area contributed by atoms with Crippen molar-refractivity contribution in [2.45, 2.75) is 226 Å². The molecule has 12 heteroatoms. The Labute approximate surface area is 473 Å². The first-order valence-electron chi connectivity index (χ1n) is 29.7. The Hall–Kier alpha value is -4.64. The number of esters is 3. The number of aliphatic hydroxyl groups is 1. The molecule has 0 radical (unpaired) electrons. The summed E-state index contributed by atoms with van der Waals surface area (Å²) in [6, 6.07) is 0. The van der Waals surface area contributed by atoms with Crippen molar-refractivity contribution in [2.75, 3.05) is 26.4 Å². The zero-order chi connectivity index (χ0) is 56.9. The first-order chi connectivity index (χ1) is 38.2. The minimum Gasteiger partial charge on any atom is -0.462 e. The number of rotatable bonds is 53. The summed E-state index contributed by atoms with van der Waals surface area (Å²) in [6.07, 6.45) is 75.3. The Balaban J connectivity index is 4.93. The standard InChI is InChI=1S/C66H105O11P/c1-4-7-10-13-16-19-22-25-27-29-31-33-35-38-40-43-46-49-52-55-64(68)73-59-63(77-66(70)57-54-51-48-45-42-39-36-34-32-30-28-26-23-20-17-14-11-8-5-2)61-75-78(71,72)74-60-62(58-67)76-65(69)56-53-50-47-44-41-37-24-21-18-15-12-9-6-3/h7-8,10-11,16-17,19-21,24-28,31-34,38-40,42,48,51,62-63,67H,4-6,9,12-15,18,22-23,29-30,35-37,41,43-47,49-50,52-61H2,1-3H3,(H,71,72)/b10-7-,11-8-,19-16-,20-17-,24-21-,27-25-,28-26-,33-31-,34-32-,40-38-,42-39-,51-48-. The van der Waals surface area contributed by atoms with Crippen molar-refractivity contribution in [3.05, 3.63) is 146 Å². The molecule has 0 fully saturated rings. The van der Waals surface area contributed by atoms with Crippen LogP contribution in [0.3, 0.4) is 0 Å². The van der Waals surface area contributed by atoms with Crippen molar-refractivity contribution < 1.29 is 52.2 Å². The molecule has 3 atom stereocenters. The smallest absolute Gasteiger partial charge is 0.462 e. The van der Waals surface area contributed by atoms with E-state index in [-0.39, 0.29) is 19.3 Å². The average Bonchev–Trinajstić information content (AvgIpc) is 3.43. The minimum absolute atomic E-state index is 0.0260. The lowest BCUT2D eigenvalue weighted by Crippen LogP contribution is -2.30. The number of carbonyl (C=O) groups excluding carboxylic acids is 3. The van der Waals surface area contributed by atoms with Gasteiger partial charge in [0.15, 0.2) is 6.10 Å². The maximum absolute atomic E-state index is 12.9. The molecule has 0 aromatic carbocycles. The van der Waals surface area contributed by atoms with Crippen LogP contribution in [-0.4, -0.2) is 66.5 Å². The Bertz CT molecular complexity index is 1860. The van der Waals surface area contributed by atoms with Gasteiger partial charge in [-0.3, -0.25) is 23.4 Å². The molecular weight excluding hydrogens is 1000 g/mol. The van der Waals surface area contributed by atoms with E-state index in [1.807, 2.05) is 12.2 Å². The third-order valence-electron chi connectivity index (χ3n) is 11.7. The Kier molecular flexibility index (Phi) is 55.0. The maximum atomic E-state index is 12.9. The molecule has 2 N–H and O–H groups in total. The van der Waals surface area contributed by atoms with Crippen LogP contribution in [0.25, 0.3) is 0 Å². The number of hydrogen-bond donors (Lipinski definition) is 2. The molecule has 0 bridgehead atoms. The lowest BCUT2D eigenvalue weighted by atomic mass is 10.1.